The monoisotopic (exact) mass is 607 g/mol. The minimum absolute atomic E-state index is 0.0245. The van der Waals surface area contributed by atoms with Gasteiger partial charge in [-0.3, -0.25) is 4.79 Å². The van der Waals surface area contributed by atoms with E-state index in [4.69, 9.17) is 24.4 Å². The van der Waals surface area contributed by atoms with E-state index in [0.29, 0.717) is 24.2 Å². The number of carbonyl (C=O) groups excluding carboxylic acids is 2. The van der Waals surface area contributed by atoms with Gasteiger partial charge >= 0.3 is 6.09 Å². The Labute approximate surface area is 245 Å². The third-order valence-electron chi connectivity index (χ3n) is 6.40. The predicted octanol–water partition coefficient (Wildman–Crippen LogP) is 6.56. The summed E-state index contributed by atoms with van der Waals surface area (Å²) in [4.78, 5) is 29.5. The second-order valence-electron chi connectivity index (χ2n) is 11.5. The van der Waals surface area contributed by atoms with E-state index in [-0.39, 0.29) is 47.4 Å². The molecule has 0 aliphatic heterocycles. The Hall–Kier alpha value is -4.29. The van der Waals surface area contributed by atoms with Gasteiger partial charge in [-0.1, -0.05) is 26.8 Å². The molecule has 1 fully saturated rings. The highest BCUT2D eigenvalue weighted by atomic mass is 19.3. The average Bonchev–Trinajstić information content (AvgIpc) is 3.64. The fourth-order valence-corrected chi connectivity index (χ4v) is 4.16. The van der Waals surface area contributed by atoms with Crippen LogP contribution < -0.4 is 20.5 Å². The zero-order valence-corrected chi connectivity index (χ0v) is 23.9. The maximum absolute atomic E-state index is 14.2. The number of nitrogens with two attached hydrogens (primary N) is 1. The van der Waals surface area contributed by atoms with Gasteiger partial charge in [-0.2, -0.15) is 0 Å². The highest BCUT2D eigenvalue weighted by Crippen LogP contribution is 2.39. The van der Waals surface area contributed by atoms with Crippen LogP contribution in [-0.2, 0) is 11.3 Å². The molecule has 0 radical (unpaired) electrons. The highest BCUT2D eigenvalue weighted by Gasteiger charge is 2.33. The molecule has 1 aliphatic rings. The van der Waals surface area contributed by atoms with Crippen molar-refractivity contribution in [2.45, 2.75) is 59.1 Å². The van der Waals surface area contributed by atoms with Gasteiger partial charge < -0.3 is 29.7 Å². The summed E-state index contributed by atoms with van der Waals surface area (Å²) in [5, 5.41) is 2.53. The Morgan fingerprint density at radius 1 is 1.09 bits per heavy atom. The smallest absolute Gasteiger partial charge is 0.405 e. The van der Waals surface area contributed by atoms with Crippen molar-refractivity contribution in [3.8, 4) is 23.0 Å². The number of hydrogen-bond donors (Lipinski definition) is 2. The number of alkyl halides is 2. The standard InChI is InChI=1S/C30H33F4N3O6/c1-30(2,3)12-23(42-29(35)39)26-25(27(38)36-13-18-6-8-19(31)11-20(18)32)37-28(43-26)17-7-9-21(41-15-24(33)34)22(10-17)40-14-16-4-5-16/h6-11,16,23-24H,4-5,12-15H2,1-3H3,(H2,35,39)(H,36,38)/t23-/m0/s1. The molecule has 0 bridgehead atoms. The van der Waals surface area contributed by atoms with Crippen molar-refractivity contribution < 1.29 is 45.8 Å². The molecule has 1 aromatic heterocycles. The Kier molecular flexibility index (Phi) is 9.82. The highest BCUT2D eigenvalue weighted by molar-refractivity contribution is 5.94. The van der Waals surface area contributed by atoms with Gasteiger partial charge in [0.05, 0.1) is 6.61 Å². The van der Waals surface area contributed by atoms with Gasteiger partial charge in [0.2, 0.25) is 5.89 Å². The van der Waals surface area contributed by atoms with Gasteiger partial charge in [0.25, 0.3) is 12.3 Å². The van der Waals surface area contributed by atoms with Crippen LogP contribution in [-0.4, -0.2) is 36.6 Å². The van der Waals surface area contributed by atoms with Crippen molar-refractivity contribution in [3.05, 3.63) is 65.1 Å². The summed E-state index contributed by atoms with van der Waals surface area (Å²) in [6, 6.07) is 7.35. The zero-order chi connectivity index (χ0) is 31.3. The number of nitrogens with one attached hydrogen (secondary N) is 1. The number of carbonyl (C=O) groups is 2. The lowest BCUT2D eigenvalue weighted by Gasteiger charge is -2.24. The molecular formula is C30H33F4N3O6. The molecule has 9 nitrogen and oxygen atoms in total. The summed E-state index contributed by atoms with van der Waals surface area (Å²) in [7, 11) is 0. The quantitative estimate of drug-likeness (QED) is 0.211. The lowest BCUT2D eigenvalue weighted by atomic mass is 9.88. The Morgan fingerprint density at radius 3 is 2.47 bits per heavy atom. The number of rotatable bonds is 13. The van der Waals surface area contributed by atoms with E-state index in [2.05, 4.69) is 10.3 Å². The van der Waals surface area contributed by atoms with E-state index in [1.54, 1.807) is 0 Å². The minimum Gasteiger partial charge on any atom is -0.489 e. The molecule has 0 unspecified atom stereocenters. The number of oxazole rings is 1. The summed E-state index contributed by atoms with van der Waals surface area (Å²) in [5.41, 5.74) is 4.98. The van der Waals surface area contributed by atoms with Crippen LogP contribution in [0.1, 0.15) is 67.9 Å². The average molecular weight is 608 g/mol. The third kappa shape index (κ3) is 9.10. The fourth-order valence-electron chi connectivity index (χ4n) is 4.16. The zero-order valence-electron chi connectivity index (χ0n) is 23.9. The normalized spacial score (nSPS) is 14.0. The molecular weight excluding hydrogens is 574 g/mol. The fraction of sp³-hybridized carbons (Fsp3) is 0.433. The number of hydrogen-bond acceptors (Lipinski definition) is 7. The van der Waals surface area contributed by atoms with Crippen LogP contribution in [0.15, 0.2) is 40.8 Å². The van der Waals surface area contributed by atoms with E-state index in [0.717, 1.165) is 18.9 Å². The first-order chi connectivity index (χ1) is 20.3. The first kappa shape index (κ1) is 31.6. The predicted molar refractivity (Wildman–Crippen MR) is 147 cm³/mol. The SMILES string of the molecule is CC(C)(C)C[C@H](OC(N)=O)c1oc(-c2ccc(OCC(F)F)c(OCC3CC3)c2)nc1C(=O)NCc1ccc(F)cc1F. The van der Waals surface area contributed by atoms with Gasteiger partial charge in [-0.25, -0.2) is 27.3 Å². The van der Waals surface area contributed by atoms with Gasteiger partial charge in [-0.05, 0) is 54.9 Å². The number of halogens is 4. The van der Waals surface area contributed by atoms with Crippen LogP contribution in [0, 0.1) is 23.0 Å². The van der Waals surface area contributed by atoms with E-state index in [1.807, 2.05) is 20.8 Å². The molecule has 43 heavy (non-hydrogen) atoms. The summed E-state index contributed by atoms with van der Waals surface area (Å²) in [6.45, 7) is 4.85. The van der Waals surface area contributed by atoms with Crippen molar-refractivity contribution in [1.29, 1.82) is 0 Å². The molecule has 0 spiro atoms. The minimum atomic E-state index is -2.69. The summed E-state index contributed by atoms with van der Waals surface area (Å²) >= 11 is 0. The Balaban J connectivity index is 1.71. The molecule has 13 heteroatoms. The van der Waals surface area contributed by atoms with Crippen LogP contribution in [0.2, 0.25) is 0 Å². The summed E-state index contributed by atoms with van der Waals surface area (Å²) < 4.78 is 75.6. The second-order valence-corrected chi connectivity index (χ2v) is 11.5. The van der Waals surface area contributed by atoms with E-state index >= 15 is 0 Å². The number of amides is 2. The van der Waals surface area contributed by atoms with E-state index < -0.39 is 48.2 Å². The molecule has 1 atom stereocenters. The molecule has 4 rings (SSSR count). The van der Waals surface area contributed by atoms with Gasteiger partial charge in [0, 0.05) is 23.7 Å². The molecule has 2 aromatic carbocycles. The first-order valence-corrected chi connectivity index (χ1v) is 13.7. The van der Waals surface area contributed by atoms with E-state index in [1.165, 1.54) is 24.3 Å². The second kappa shape index (κ2) is 13.3. The molecule has 3 aromatic rings. The van der Waals surface area contributed by atoms with Crippen molar-refractivity contribution >= 4 is 12.0 Å². The van der Waals surface area contributed by atoms with E-state index in [9.17, 15) is 27.2 Å². The topological polar surface area (TPSA) is 126 Å². The van der Waals surface area contributed by atoms with Crippen molar-refractivity contribution in [1.82, 2.24) is 10.3 Å². The van der Waals surface area contributed by atoms with Crippen LogP contribution in [0.4, 0.5) is 22.4 Å². The Bertz CT molecular complexity index is 1450. The van der Waals surface area contributed by atoms with Crippen LogP contribution in [0.25, 0.3) is 11.5 Å². The van der Waals surface area contributed by atoms with Gasteiger partial charge in [0.1, 0.15) is 18.2 Å². The van der Waals surface area contributed by atoms with Crippen molar-refractivity contribution in [2.75, 3.05) is 13.2 Å². The first-order valence-electron chi connectivity index (χ1n) is 13.7. The lowest BCUT2D eigenvalue weighted by Crippen LogP contribution is -2.27. The van der Waals surface area contributed by atoms with Crippen molar-refractivity contribution in [2.24, 2.45) is 17.1 Å². The van der Waals surface area contributed by atoms with Crippen LogP contribution in [0.3, 0.4) is 0 Å². The van der Waals surface area contributed by atoms with Crippen molar-refractivity contribution in [3.63, 3.8) is 0 Å². The van der Waals surface area contributed by atoms with Gasteiger partial charge in [-0.15, -0.1) is 0 Å². The Morgan fingerprint density at radius 2 is 1.84 bits per heavy atom. The molecule has 0 saturated heterocycles. The molecule has 1 aliphatic carbocycles. The van der Waals surface area contributed by atoms with Crippen LogP contribution >= 0.6 is 0 Å². The summed E-state index contributed by atoms with van der Waals surface area (Å²) in [5.74, 6) is -1.96. The largest absolute Gasteiger partial charge is 0.489 e. The maximum atomic E-state index is 14.2. The number of benzene rings is 2. The molecule has 1 saturated carbocycles. The van der Waals surface area contributed by atoms with Crippen LogP contribution in [0.5, 0.6) is 11.5 Å². The molecule has 3 N–H and O–H groups in total. The number of primary amides is 1. The molecule has 232 valence electrons. The molecule has 2 amide bonds. The number of nitrogens with zero attached hydrogens (tertiary/aromatic N) is 1. The third-order valence-corrected chi connectivity index (χ3v) is 6.40. The van der Waals surface area contributed by atoms with Gasteiger partial charge in [0.15, 0.2) is 29.1 Å². The number of ether oxygens (including phenoxy) is 3. The maximum Gasteiger partial charge on any atom is 0.405 e. The summed E-state index contributed by atoms with van der Waals surface area (Å²) in [6.07, 6.45) is -2.76. The molecule has 1 heterocycles. The lowest BCUT2D eigenvalue weighted by molar-refractivity contribution is 0.0635. The number of aromatic nitrogens is 1.